The molecule has 0 radical (unpaired) electrons. The summed E-state index contributed by atoms with van der Waals surface area (Å²) in [5.74, 6) is 0.303. The first-order chi connectivity index (χ1) is 16.9. The number of benzene rings is 1. The molecule has 0 spiro atoms. The van der Waals surface area contributed by atoms with Crippen LogP contribution in [0.2, 0.25) is 0 Å². The fourth-order valence-electron chi connectivity index (χ4n) is 4.64. The third kappa shape index (κ3) is 4.30. The molecule has 0 saturated carbocycles. The van der Waals surface area contributed by atoms with Gasteiger partial charge in [0.15, 0.2) is 5.82 Å². The molecule has 11 nitrogen and oxygen atoms in total. The molecule has 0 aliphatic carbocycles. The van der Waals surface area contributed by atoms with Crippen LogP contribution in [0.4, 0.5) is 11.5 Å². The van der Waals surface area contributed by atoms with Crippen molar-refractivity contribution in [1.29, 1.82) is 0 Å². The summed E-state index contributed by atoms with van der Waals surface area (Å²) in [5.41, 5.74) is 3.28. The fourth-order valence-corrected chi connectivity index (χ4v) is 4.64. The molecule has 35 heavy (non-hydrogen) atoms. The fraction of sp³-hybridized carbons (Fsp3) is 0.375. The SMILES string of the molecule is COc1ncc2c(N3C[C@@H](C)N[C@@H](C)C3)ccc(C(=O)Nc3cn4cc(C)nc4c(OC)n3)c2n1. The first kappa shape index (κ1) is 22.8. The van der Waals surface area contributed by atoms with Gasteiger partial charge in [-0.05, 0) is 32.9 Å². The summed E-state index contributed by atoms with van der Waals surface area (Å²) >= 11 is 0. The maximum atomic E-state index is 13.4. The van der Waals surface area contributed by atoms with Gasteiger partial charge in [-0.1, -0.05) is 0 Å². The number of carbonyl (C=O) groups excluding carboxylic acids is 1. The summed E-state index contributed by atoms with van der Waals surface area (Å²) in [5, 5.41) is 7.20. The van der Waals surface area contributed by atoms with Crippen LogP contribution in [0.15, 0.2) is 30.7 Å². The van der Waals surface area contributed by atoms with Gasteiger partial charge < -0.3 is 25.0 Å². The lowest BCUT2D eigenvalue weighted by molar-refractivity contribution is 0.102. The van der Waals surface area contributed by atoms with Crippen LogP contribution in [0, 0.1) is 6.92 Å². The lowest BCUT2D eigenvalue weighted by atomic mass is 10.0. The number of ether oxygens (including phenoxy) is 2. The molecule has 3 aromatic heterocycles. The Morgan fingerprint density at radius 1 is 1.09 bits per heavy atom. The molecule has 0 bridgehead atoms. The number of aryl methyl sites for hydroxylation is 1. The van der Waals surface area contributed by atoms with E-state index in [4.69, 9.17) is 9.47 Å². The second-order valence-electron chi connectivity index (χ2n) is 8.83. The molecule has 5 rings (SSSR count). The highest BCUT2D eigenvalue weighted by molar-refractivity contribution is 6.13. The van der Waals surface area contributed by atoms with E-state index in [2.05, 4.69) is 49.3 Å². The number of piperazine rings is 1. The van der Waals surface area contributed by atoms with Crippen LogP contribution in [0.3, 0.4) is 0 Å². The smallest absolute Gasteiger partial charge is 0.316 e. The van der Waals surface area contributed by atoms with Gasteiger partial charge in [-0.25, -0.2) is 9.97 Å². The minimum Gasteiger partial charge on any atom is -0.478 e. The molecule has 1 aliphatic heterocycles. The van der Waals surface area contributed by atoms with Crippen LogP contribution < -0.4 is 25.0 Å². The topological polar surface area (TPSA) is 119 Å². The van der Waals surface area contributed by atoms with E-state index in [9.17, 15) is 4.79 Å². The van der Waals surface area contributed by atoms with Gasteiger partial charge in [0.1, 0.15) is 0 Å². The number of methoxy groups -OCH3 is 2. The Bertz CT molecular complexity index is 1410. The van der Waals surface area contributed by atoms with Gasteiger partial charge in [-0.15, -0.1) is 0 Å². The number of rotatable bonds is 5. The van der Waals surface area contributed by atoms with E-state index in [1.165, 1.54) is 14.2 Å². The summed E-state index contributed by atoms with van der Waals surface area (Å²) in [4.78, 5) is 33.4. The van der Waals surface area contributed by atoms with Gasteiger partial charge in [-0.2, -0.15) is 9.97 Å². The number of aromatic nitrogens is 5. The number of anilines is 2. The molecule has 0 unspecified atom stereocenters. The highest BCUT2D eigenvalue weighted by atomic mass is 16.5. The van der Waals surface area contributed by atoms with Crippen LogP contribution in [0.5, 0.6) is 11.9 Å². The van der Waals surface area contributed by atoms with Gasteiger partial charge in [0, 0.05) is 48.6 Å². The average Bonchev–Trinajstić information content (AvgIpc) is 3.21. The third-order valence-electron chi connectivity index (χ3n) is 5.99. The molecule has 182 valence electrons. The Balaban J connectivity index is 1.55. The Morgan fingerprint density at radius 3 is 2.57 bits per heavy atom. The molecule has 4 heterocycles. The zero-order valence-electron chi connectivity index (χ0n) is 20.4. The zero-order valence-corrected chi connectivity index (χ0v) is 20.4. The van der Waals surface area contributed by atoms with E-state index >= 15 is 0 Å². The standard InChI is InChI=1S/C24H28N8O3/c1-13-9-31(10-14(2)26-13)18-7-6-16(20-17(18)8-25-24(30-20)35-5)22(33)28-19-12-32-11-15(3)27-21(32)23(29-19)34-4/h6-8,11-14,26H,9-10H2,1-5H3,(H,28,33)/t13-,14+. The van der Waals surface area contributed by atoms with Crippen LogP contribution in [-0.2, 0) is 0 Å². The van der Waals surface area contributed by atoms with E-state index in [1.54, 1.807) is 22.9 Å². The van der Waals surface area contributed by atoms with E-state index in [0.717, 1.165) is 29.9 Å². The van der Waals surface area contributed by atoms with Crippen molar-refractivity contribution in [2.45, 2.75) is 32.9 Å². The number of hydrogen-bond acceptors (Lipinski definition) is 9. The van der Waals surface area contributed by atoms with E-state index in [1.807, 2.05) is 19.2 Å². The first-order valence-corrected chi connectivity index (χ1v) is 11.4. The van der Waals surface area contributed by atoms with Crippen molar-refractivity contribution in [3.63, 3.8) is 0 Å². The molecular weight excluding hydrogens is 448 g/mol. The Hall–Kier alpha value is -3.99. The normalized spacial score (nSPS) is 18.1. The largest absolute Gasteiger partial charge is 0.478 e. The van der Waals surface area contributed by atoms with E-state index < -0.39 is 0 Å². The second-order valence-corrected chi connectivity index (χ2v) is 8.83. The second kappa shape index (κ2) is 8.99. The molecule has 2 atom stereocenters. The van der Waals surface area contributed by atoms with Gasteiger partial charge in [0.25, 0.3) is 11.8 Å². The molecule has 1 fully saturated rings. The summed E-state index contributed by atoms with van der Waals surface area (Å²) < 4.78 is 12.4. The number of carbonyl (C=O) groups is 1. The maximum Gasteiger partial charge on any atom is 0.316 e. The van der Waals surface area contributed by atoms with Crippen molar-refractivity contribution in [1.82, 2.24) is 29.7 Å². The minimum absolute atomic E-state index is 0.195. The lowest BCUT2D eigenvalue weighted by Gasteiger charge is -2.38. The number of nitrogens with one attached hydrogen (secondary N) is 2. The Morgan fingerprint density at radius 2 is 1.86 bits per heavy atom. The van der Waals surface area contributed by atoms with Crippen molar-refractivity contribution in [2.24, 2.45) is 0 Å². The van der Waals surface area contributed by atoms with Crippen molar-refractivity contribution in [3.8, 4) is 11.9 Å². The number of imidazole rings is 1. The van der Waals surface area contributed by atoms with Crippen LogP contribution in [-0.4, -0.2) is 69.6 Å². The lowest BCUT2D eigenvalue weighted by Crippen LogP contribution is -2.54. The van der Waals surface area contributed by atoms with Crippen molar-refractivity contribution in [3.05, 3.63) is 42.0 Å². The highest BCUT2D eigenvalue weighted by Gasteiger charge is 2.25. The van der Waals surface area contributed by atoms with Gasteiger partial charge in [0.05, 0.1) is 37.2 Å². The summed E-state index contributed by atoms with van der Waals surface area (Å²) in [6.07, 6.45) is 5.25. The molecule has 1 amide bonds. The van der Waals surface area contributed by atoms with E-state index in [0.29, 0.717) is 40.5 Å². The first-order valence-electron chi connectivity index (χ1n) is 11.4. The van der Waals surface area contributed by atoms with Gasteiger partial charge >= 0.3 is 6.01 Å². The number of hydrogen-bond donors (Lipinski definition) is 2. The maximum absolute atomic E-state index is 13.4. The van der Waals surface area contributed by atoms with Gasteiger partial charge in [0.2, 0.25) is 5.65 Å². The summed E-state index contributed by atoms with van der Waals surface area (Å²) in [6, 6.07) is 4.60. The Labute approximate surface area is 202 Å². The van der Waals surface area contributed by atoms with E-state index in [-0.39, 0.29) is 11.9 Å². The third-order valence-corrected chi connectivity index (χ3v) is 5.99. The minimum atomic E-state index is -0.352. The Kier molecular flexibility index (Phi) is 5.85. The number of fused-ring (bicyclic) bond motifs is 2. The molecule has 1 aromatic carbocycles. The highest BCUT2D eigenvalue weighted by Crippen LogP contribution is 2.31. The molecule has 1 aliphatic rings. The van der Waals surface area contributed by atoms with Crippen molar-refractivity contribution in [2.75, 3.05) is 37.5 Å². The molecule has 2 N–H and O–H groups in total. The molecule has 11 heteroatoms. The summed E-state index contributed by atoms with van der Waals surface area (Å²) in [7, 11) is 3.02. The van der Waals surface area contributed by atoms with Gasteiger partial charge in [-0.3, -0.25) is 9.20 Å². The predicted molar refractivity (Wildman–Crippen MR) is 133 cm³/mol. The van der Waals surface area contributed by atoms with Crippen LogP contribution in [0.1, 0.15) is 29.9 Å². The number of amides is 1. The van der Waals surface area contributed by atoms with Crippen LogP contribution in [0.25, 0.3) is 16.6 Å². The molecule has 4 aromatic rings. The molecular formula is C24H28N8O3. The predicted octanol–water partition coefficient (Wildman–Crippen LogP) is 2.44. The zero-order chi connectivity index (χ0) is 24.7. The average molecular weight is 477 g/mol. The number of nitrogens with zero attached hydrogens (tertiary/aromatic N) is 6. The monoisotopic (exact) mass is 476 g/mol. The summed E-state index contributed by atoms with van der Waals surface area (Å²) in [6.45, 7) is 7.87. The molecule has 1 saturated heterocycles. The van der Waals surface area contributed by atoms with Crippen molar-refractivity contribution < 1.29 is 14.3 Å². The quantitative estimate of drug-likeness (QED) is 0.448. The van der Waals surface area contributed by atoms with Crippen LogP contribution >= 0.6 is 0 Å². The van der Waals surface area contributed by atoms with Crippen molar-refractivity contribution >= 4 is 34.0 Å².